The first kappa shape index (κ1) is 19.7. The van der Waals surface area contributed by atoms with E-state index < -0.39 is 17.6 Å². The van der Waals surface area contributed by atoms with Gasteiger partial charge in [-0.2, -0.15) is 13.2 Å². The Morgan fingerprint density at radius 3 is 2.14 bits per heavy atom. The van der Waals surface area contributed by atoms with E-state index in [1.807, 2.05) is 6.92 Å². The summed E-state index contributed by atoms with van der Waals surface area (Å²) in [4.78, 5) is 28.1. The lowest BCUT2D eigenvalue weighted by molar-refractivity contribution is -0.137. The van der Waals surface area contributed by atoms with Gasteiger partial charge in [0.15, 0.2) is 0 Å². The van der Waals surface area contributed by atoms with E-state index in [0.29, 0.717) is 0 Å². The lowest BCUT2D eigenvalue weighted by Gasteiger charge is -2.35. The van der Waals surface area contributed by atoms with Gasteiger partial charge < -0.3 is 14.9 Å². The molecular weight excluding hydrogens is 373 g/mol. The first-order valence-electron chi connectivity index (χ1n) is 8.72. The van der Waals surface area contributed by atoms with Crippen molar-refractivity contribution in [1.29, 1.82) is 0 Å². The summed E-state index contributed by atoms with van der Waals surface area (Å²) in [6.45, 7) is 2.68. The van der Waals surface area contributed by atoms with E-state index in [2.05, 4.69) is 0 Å². The Morgan fingerprint density at radius 2 is 1.54 bits per heavy atom. The maximum atomic E-state index is 12.8. The molecule has 0 radical (unpaired) electrons. The summed E-state index contributed by atoms with van der Waals surface area (Å²) in [7, 11) is 0. The number of aryl methyl sites for hydroxylation is 1. The predicted octanol–water partition coefficient (Wildman–Crippen LogP) is 3.32. The van der Waals surface area contributed by atoms with Gasteiger partial charge in [0.25, 0.3) is 11.8 Å². The standard InChI is InChI=1S/C20H19F3N2O3/c1-13-5-6-17(26)16(11-13)19(28)25-9-7-24(8-10-25)18(27)14-3-2-4-15(12-14)20(21,22)23/h2-6,11-12,26H,7-10H2,1H3. The molecule has 3 rings (SSSR count). The summed E-state index contributed by atoms with van der Waals surface area (Å²) in [5.74, 6) is -0.956. The lowest BCUT2D eigenvalue weighted by Crippen LogP contribution is -2.50. The van der Waals surface area contributed by atoms with Crippen molar-refractivity contribution in [3.8, 4) is 5.75 Å². The van der Waals surface area contributed by atoms with Gasteiger partial charge in [0.2, 0.25) is 0 Å². The van der Waals surface area contributed by atoms with Crippen molar-refractivity contribution in [3.63, 3.8) is 0 Å². The third-order valence-corrected chi connectivity index (χ3v) is 4.67. The number of hydrogen-bond donors (Lipinski definition) is 1. The van der Waals surface area contributed by atoms with Crippen LogP contribution in [0.2, 0.25) is 0 Å². The Hall–Kier alpha value is -3.03. The molecular formula is C20H19F3N2O3. The molecule has 1 aliphatic rings. The molecule has 1 aliphatic heterocycles. The number of amides is 2. The van der Waals surface area contributed by atoms with E-state index in [-0.39, 0.29) is 49.0 Å². The highest BCUT2D eigenvalue weighted by molar-refractivity contribution is 5.98. The van der Waals surface area contributed by atoms with Crippen molar-refractivity contribution < 1.29 is 27.9 Å². The van der Waals surface area contributed by atoms with Gasteiger partial charge in [-0.1, -0.05) is 17.7 Å². The number of phenols is 1. The van der Waals surface area contributed by atoms with Gasteiger partial charge in [-0.25, -0.2) is 0 Å². The summed E-state index contributed by atoms with van der Waals surface area (Å²) in [5, 5.41) is 9.91. The van der Waals surface area contributed by atoms with Gasteiger partial charge >= 0.3 is 6.18 Å². The number of halogens is 3. The third kappa shape index (κ3) is 4.11. The largest absolute Gasteiger partial charge is 0.507 e. The zero-order valence-electron chi connectivity index (χ0n) is 15.2. The Morgan fingerprint density at radius 1 is 0.929 bits per heavy atom. The Kier molecular flexibility index (Phi) is 5.31. The number of alkyl halides is 3. The molecule has 2 amide bonds. The number of carbonyl (C=O) groups is 2. The molecule has 8 heteroatoms. The molecule has 1 fully saturated rings. The van der Waals surface area contributed by atoms with Gasteiger partial charge in [0.05, 0.1) is 11.1 Å². The smallest absolute Gasteiger partial charge is 0.416 e. The molecule has 0 saturated carbocycles. The van der Waals surface area contributed by atoms with Crippen LogP contribution in [0.25, 0.3) is 0 Å². The Balaban J connectivity index is 1.68. The van der Waals surface area contributed by atoms with Crippen LogP contribution in [0, 0.1) is 6.92 Å². The summed E-state index contributed by atoms with van der Waals surface area (Å²) in [6, 6.07) is 9.05. The Bertz CT molecular complexity index is 904. The van der Waals surface area contributed by atoms with Crippen molar-refractivity contribution in [2.45, 2.75) is 13.1 Å². The van der Waals surface area contributed by atoms with Crippen molar-refractivity contribution >= 4 is 11.8 Å². The lowest BCUT2D eigenvalue weighted by atomic mass is 10.1. The van der Waals surface area contributed by atoms with Crippen LogP contribution in [0.4, 0.5) is 13.2 Å². The number of aromatic hydroxyl groups is 1. The van der Waals surface area contributed by atoms with Crippen LogP contribution in [0.15, 0.2) is 42.5 Å². The molecule has 148 valence electrons. The fourth-order valence-electron chi connectivity index (χ4n) is 3.12. The highest BCUT2D eigenvalue weighted by Gasteiger charge is 2.32. The van der Waals surface area contributed by atoms with E-state index in [9.17, 15) is 27.9 Å². The van der Waals surface area contributed by atoms with Crippen LogP contribution in [-0.4, -0.2) is 52.9 Å². The van der Waals surface area contributed by atoms with Gasteiger partial charge in [-0.15, -0.1) is 0 Å². The third-order valence-electron chi connectivity index (χ3n) is 4.67. The van der Waals surface area contributed by atoms with Crippen LogP contribution >= 0.6 is 0 Å². The number of hydrogen-bond acceptors (Lipinski definition) is 3. The minimum absolute atomic E-state index is 0.0362. The minimum Gasteiger partial charge on any atom is -0.507 e. The van der Waals surface area contributed by atoms with E-state index >= 15 is 0 Å². The molecule has 0 atom stereocenters. The minimum atomic E-state index is -4.52. The van der Waals surface area contributed by atoms with E-state index in [1.54, 1.807) is 12.1 Å². The number of benzene rings is 2. The van der Waals surface area contributed by atoms with Gasteiger partial charge in [0, 0.05) is 31.7 Å². The summed E-state index contributed by atoms with van der Waals surface area (Å²) in [6.07, 6.45) is -4.52. The monoisotopic (exact) mass is 392 g/mol. The molecule has 0 bridgehead atoms. The number of piperazine rings is 1. The van der Waals surface area contributed by atoms with Gasteiger partial charge in [0.1, 0.15) is 5.75 Å². The second kappa shape index (κ2) is 7.53. The summed E-state index contributed by atoms with van der Waals surface area (Å²) >= 11 is 0. The Labute approximate surface area is 160 Å². The molecule has 2 aromatic rings. The average molecular weight is 392 g/mol. The number of rotatable bonds is 2. The number of carbonyl (C=O) groups excluding carboxylic acids is 2. The van der Waals surface area contributed by atoms with Crippen molar-refractivity contribution in [2.75, 3.05) is 26.2 Å². The van der Waals surface area contributed by atoms with Gasteiger partial charge in [-0.05, 0) is 37.3 Å². The second-order valence-corrected chi connectivity index (χ2v) is 6.68. The fraction of sp³-hybridized carbons (Fsp3) is 0.300. The predicted molar refractivity (Wildman–Crippen MR) is 96.1 cm³/mol. The molecule has 28 heavy (non-hydrogen) atoms. The molecule has 2 aromatic carbocycles. The zero-order valence-corrected chi connectivity index (χ0v) is 15.2. The molecule has 5 nitrogen and oxygen atoms in total. The molecule has 1 saturated heterocycles. The first-order chi connectivity index (χ1) is 13.2. The van der Waals surface area contributed by atoms with Crippen LogP contribution < -0.4 is 0 Å². The first-order valence-corrected chi connectivity index (χ1v) is 8.72. The van der Waals surface area contributed by atoms with Gasteiger partial charge in [-0.3, -0.25) is 9.59 Å². The number of phenolic OH excluding ortho intramolecular Hbond substituents is 1. The van der Waals surface area contributed by atoms with E-state index in [0.717, 1.165) is 17.7 Å². The molecule has 0 aromatic heterocycles. The van der Waals surface area contributed by atoms with Crippen LogP contribution in [0.5, 0.6) is 5.75 Å². The quantitative estimate of drug-likeness (QED) is 0.853. The van der Waals surface area contributed by atoms with Crippen LogP contribution in [-0.2, 0) is 6.18 Å². The fourth-order valence-corrected chi connectivity index (χ4v) is 3.12. The average Bonchev–Trinajstić information content (AvgIpc) is 2.68. The topological polar surface area (TPSA) is 60.9 Å². The molecule has 0 unspecified atom stereocenters. The molecule has 0 aliphatic carbocycles. The normalized spacial score (nSPS) is 14.9. The van der Waals surface area contributed by atoms with Crippen LogP contribution in [0.3, 0.4) is 0 Å². The van der Waals surface area contributed by atoms with Crippen molar-refractivity contribution in [2.24, 2.45) is 0 Å². The maximum absolute atomic E-state index is 12.8. The second-order valence-electron chi connectivity index (χ2n) is 6.68. The highest BCUT2D eigenvalue weighted by atomic mass is 19.4. The van der Waals surface area contributed by atoms with Crippen molar-refractivity contribution in [3.05, 3.63) is 64.7 Å². The zero-order chi connectivity index (χ0) is 20.5. The van der Waals surface area contributed by atoms with E-state index in [1.165, 1.54) is 28.0 Å². The van der Waals surface area contributed by atoms with Crippen molar-refractivity contribution in [1.82, 2.24) is 9.80 Å². The summed E-state index contributed by atoms with van der Waals surface area (Å²) in [5.41, 5.74) is 0.116. The molecule has 0 spiro atoms. The van der Waals surface area contributed by atoms with Crippen LogP contribution in [0.1, 0.15) is 31.8 Å². The SMILES string of the molecule is Cc1ccc(O)c(C(=O)N2CCN(C(=O)c3cccc(C(F)(F)F)c3)CC2)c1. The molecule has 1 heterocycles. The summed E-state index contributed by atoms with van der Waals surface area (Å²) < 4.78 is 38.5. The molecule has 1 N–H and O–H groups in total. The maximum Gasteiger partial charge on any atom is 0.416 e. The number of nitrogens with zero attached hydrogens (tertiary/aromatic N) is 2. The van der Waals surface area contributed by atoms with E-state index in [4.69, 9.17) is 0 Å². The highest BCUT2D eigenvalue weighted by Crippen LogP contribution is 2.30.